The molecule has 1 aromatic heterocycles. The highest BCUT2D eigenvalue weighted by Crippen LogP contribution is 2.45. The molecule has 0 radical (unpaired) electrons. The first kappa shape index (κ1) is 18.1. The Bertz CT molecular complexity index is 1140. The molecule has 2 heterocycles. The number of aromatic nitrogens is 2. The van der Waals surface area contributed by atoms with Crippen molar-refractivity contribution in [3.63, 3.8) is 0 Å². The van der Waals surface area contributed by atoms with Crippen LogP contribution in [0, 0.1) is 25.2 Å². The predicted molar refractivity (Wildman–Crippen MR) is 117 cm³/mol. The van der Waals surface area contributed by atoms with E-state index in [4.69, 9.17) is 9.98 Å². The third kappa shape index (κ3) is 3.05. The molecular formula is C24H26N4O. The zero-order valence-electron chi connectivity index (χ0n) is 17.3. The van der Waals surface area contributed by atoms with Crippen molar-refractivity contribution in [2.24, 2.45) is 16.3 Å². The fourth-order valence-corrected chi connectivity index (χ4v) is 4.68. The van der Waals surface area contributed by atoms with Crippen molar-refractivity contribution < 1.29 is 4.79 Å². The first-order valence-electron chi connectivity index (χ1n) is 10.2. The van der Waals surface area contributed by atoms with Gasteiger partial charge in [0.1, 0.15) is 11.6 Å². The highest BCUT2D eigenvalue weighted by molar-refractivity contribution is 6.10. The van der Waals surface area contributed by atoms with Gasteiger partial charge in [0, 0.05) is 12.1 Å². The molecule has 148 valence electrons. The number of benzene rings is 2. The number of hydrogen-bond acceptors (Lipinski definition) is 4. The van der Waals surface area contributed by atoms with Gasteiger partial charge in [0.2, 0.25) is 0 Å². The summed E-state index contributed by atoms with van der Waals surface area (Å²) in [5, 5.41) is 3.63. The van der Waals surface area contributed by atoms with Crippen LogP contribution in [0.15, 0.2) is 41.4 Å². The molecule has 2 atom stereocenters. The third-order valence-corrected chi connectivity index (χ3v) is 6.24. The molecule has 1 aliphatic heterocycles. The van der Waals surface area contributed by atoms with Crippen LogP contribution in [0.3, 0.4) is 0 Å². The van der Waals surface area contributed by atoms with Gasteiger partial charge in [-0.05, 0) is 61.1 Å². The van der Waals surface area contributed by atoms with Gasteiger partial charge >= 0.3 is 0 Å². The number of para-hydroxylation sites is 2. The Hall–Kier alpha value is -2.95. The average Bonchev–Trinajstić information content (AvgIpc) is 3.00. The molecular weight excluding hydrogens is 360 g/mol. The average molecular weight is 386 g/mol. The van der Waals surface area contributed by atoms with Gasteiger partial charge in [0.15, 0.2) is 0 Å². The minimum atomic E-state index is -0.309. The molecule has 2 aliphatic rings. The van der Waals surface area contributed by atoms with E-state index in [1.807, 2.05) is 24.3 Å². The number of aromatic amines is 1. The molecule has 0 spiro atoms. The SMILES string of the molecule is Cc1cc2c(cc1C)NC(c1nc3ccccc3[nH]1)C1C(=O)CC(C)(C)CC1=N2. The first-order chi connectivity index (χ1) is 13.8. The number of carbonyl (C=O) groups is 1. The Morgan fingerprint density at radius 3 is 2.62 bits per heavy atom. The van der Waals surface area contributed by atoms with Crippen molar-refractivity contribution in [2.75, 3.05) is 5.32 Å². The standard InChI is InChI=1S/C24H26N4O/c1-13-9-17-18(10-14(13)2)26-22(23-27-15-7-5-6-8-16(15)28-23)21-19(25-17)11-24(3,4)12-20(21)29/h5-10,21-22,26H,11-12H2,1-4H3,(H,27,28). The summed E-state index contributed by atoms with van der Waals surface area (Å²) in [4.78, 5) is 26.6. The number of hydrogen-bond donors (Lipinski definition) is 2. The topological polar surface area (TPSA) is 70.1 Å². The number of imidazole rings is 1. The molecule has 2 unspecified atom stereocenters. The van der Waals surface area contributed by atoms with E-state index in [2.05, 4.69) is 50.1 Å². The number of Topliss-reactive ketones (excluding diaryl/α,β-unsaturated/α-hetero) is 1. The van der Waals surface area contributed by atoms with Crippen LogP contribution in [0.2, 0.25) is 0 Å². The van der Waals surface area contributed by atoms with Crippen LogP contribution in [-0.4, -0.2) is 21.5 Å². The van der Waals surface area contributed by atoms with Crippen LogP contribution in [0.4, 0.5) is 11.4 Å². The predicted octanol–water partition coefficient (Wildman–Crippen LogP) is 5.42. The summed E-state index contributed by atoms with van der Waals surface area (Å²) in [6.07, 6.45) is 1.37. The van der Waals surface area contributed by atoms with Crippen LogP contribution < -0.4 is 5.32 Å². The Morgan fingerprint density at radius 2 is 1.83 bits per heavy atom. The zero-order chi connectivity index (χ0) is 20.3. The molecule has 0 saturated heterocycles. The summed E-state index contributed by atoms with van der Waals surface area (Å²) < 4.78 is 0. The number of aryl methyl sites for hydroxylation is 2. The van der Waals surface area contributed by atoms with Gasteiger partial charge in [-0.25, -0.2) is 4.98 Å². The van der Waals surface area contributed by atoms with Crippen molar-refractivity contribution in [1.82, 2.24) is 9.97 Å². The minimum absolute atomic E-state index is 0.0743. The van der Waals surface area contributed by atoms with E-state index in [1.54, 1.807) is 0 Å². The third-order valence-electron chi connectivity index (χ3n) is 6.24. The Balaban J connectivity index is 1.70. The van der Waals surface area contributed by atoms with Crippen molar-refractivity contribution in [2.45, 2.75) is 46.6 Å². The lowest BCUT2D eigenvalue weighted by atomic mass is 9.69. The molecule has 3 aromatic rings. The fraction of sp³-hybridized carbons (Fsp3) is 0.375. The Labute approximate surface area is 170 Å². The molecule has 1 aliphatic carbocycles. The highest BCUT2D eigenvalue weighted by Gasteiger charge is 2.45. The van der Waals surface area contributed by atoms with Crippen LogP contribution in [0.25, 0.3) is 11.0 Å². The van der Waals surface area contributed by atoms with Crippen molar-refractivity contribution in [3.05, 3.63) is 53.3 Å². The maximum absolute atomic E-state index is 13.3. The molecule has 2 N–H and O–H groups in total. The van der Waals surface area contributed by atoms with E-state index >= 15 is 0 Å². The van der Waals surface area contributed by atoms with E-state index in [0.29, 0.717) is 6.42 Å². The Kier molecular flexibility index (Phi) is 3.92. The highest BCUT2D eigenvalue weighted by atomic mass is 16.1. The lowest BCUT2D eigenvalue weighted by molar-refractivity contribution is -0.124. The van der Waals surface area contributed by atoms with Gasteiger partial charge in [-0.3, -0.25) is 9.79 Å². The van der Waals surface area contributed by atoms with Crippen LogP contribution in [0.5, 0.6) is 0 Å². The molecule has 2 aromatic carbocycles. The van der Waals surface area contributed by atoms with Crippen LogP contribution in [-0.2, 0) is 4.79 Å². The van der Waals surface area contributed by atoms with Gasteiger partial charge < -0.3 is 10.3 Å². The summed E-state index contributed by atoms with van der Waals surface area (Å²) in [6.45, 7) is 8.51. The van der Waals surface area contributed by atoms with Gasteiger partial charge in [0.05, 0.1) is 34.4 Å². The van der Waals surface area contributed by atoms with Gasteiger partial charge in [-0.2, -0.15) is 0 Å². The summed E-state index contributed by atoms with van der Waals surface area (Å²) in [5.74, 6) is 0.721. The number of nitrogens with zero attached hydrogens (tertiary/aromatic N) is 2. The van der Waals surface area contributed by atoms with Crippen LogP contribution in [0.1, 0.15) is 49.7 Å². The molecule has 1 saturated carbocycles. The van der Waals surface area contributed by atoms with Gasteiger partial charge in [-0.1, -0.05) is 26.0 Å². The molecule has 5 heteroatoms. The second-order valence-electron chi connectivity index (χ2n) is 9.28. The van der Waals surface area contributed by atoms with E-state index < -0.39 is 0 Å². The monoisotopic (exact) mass is 386 g/mol. The van der Waals surface area contributed by atoms with Crippen LogP contribution >= 0.6 is 0 Å². The maximum atomic E-state index is 13.3. The number of aliphatic imine (C=N–C) groups is 1. The molecule has 5 nitrogen and oxygen atoms in total. The van der Waals surface area contributed by atoms with E-state index in [-0.39, 0.29) is 23.2 Å². The molecule has 0 bridgehead atoms. The lowest BCUT2D eigenvalue weighted by Crippen LogP contribution is -2.42. The summed E-state index contributed by atoms with van der Waals surface area (Å²) >= 11 is 0. The van der Waals surface area contributed by atoms with Crippen molar-refractivity contribution in [3.8, 4) is 0 Å². The normalized spacial score (nSPS) is 23.0. The van der Waals surface area contributed by atoms with E-state index in [0.717, 1.165) is 40.4 Å². The second kappa shape index (κ2) is 6.28. The fourth-order valence-electron chi connectivity index (χ4n) is 4.68. The lowest BCUT2D eigenvalue weighted by Gasteiger charge is -2.36. The Morgan fingerprint density at radius 1 is 1.07 bits per heavy atom. The molecule has 5 rings (SSSR count). The zero-order valence-corrected chi connectivity index (χ0v) is 17.3. The minimum Gasteiger partial charge on any atom is -0.372 e. The molecule has 29 heavy (non-hydrogen) atoms. The summed E-state index contributed by atoms with van der Waals surface area (Å²) in [6, 6.07) is 12.0. The van der Waals surface area contributed by atoms with E-state index in [9.17, 15) is 4.79 Å². The van der Waals surface area contributed by atoms with Gasteiger partial charge in [-0.15, -0.1) is 0 Å². The number of rotatable bonds is 1. The smallest absolute Gasteiger partial charge is 0.144 e. The number of carbonyl (C=O) groups excluding carboxylic acids is 1. The number of nitrogens with one attached hydrogen (secondary N) is 2. The summed E-state index contributed by atoms with van der Waals surface area (Å²) in [5.41, 5.74) is 7.07. The quantitative estimate of drug-likeness (QED) is 0.586. The number of ketones is 1. The number of anilines is 1. The van der Waals surface area contributed by atoms with Crippen molar-refractivity contribution in [1.29, 1.82) is 0 Å². The number of fused-ring (bicyclic) bond motifs is 3. The molecule has 0 amide bonds. The first-order valence-corrected chi connectivity index (χ1v) is 10.2. The summed E-state index contributed by atoms with van der Waals surface area (Å²) in [7, 11) is 0. The number of H-pyrrole nitrogens is 1. The largest absolute Gasteiger partial charge is 0.372 e. The van der Waals surface area contributed by atoms with Crippen molar-refractivity contribution >= 4 is 33.9 Å². The van der Waals surface area contributed by atoms with E-state index in [1.165, 1.54) is 11.1 Å². The van der Waals surface area contributed by atoms with Gasteiger partial charge in [0.25, 0.3) is 0 Å². The molecule has 1 fully saturated rings. The maximum Gasteiger partial charge on any atom is 0.144 e. The second-order valence-corrected chi connectivity index (χ2v) is 9.28.